The van der Waals surface area contributed by atoms with Gasteiger partial charge in [-0.25, -0.2) is 0 Å². The molecule has 1 aliphatic rings. The number of nitrogens with two attached hydrogens (primary N) is 1. The topological polar surface area (TPSA) is 26.0 Å². The molecule has 0 saturated heterocycles. The van der Waals surface area contributed by atoms with E-state index in [1.54, 1.807) is 0 Å². The molecule has 80 valence electrons. The summed E-state index contributed by atoms with van der Waals surface area (Å²) in [5.41, 5.74) is 5.90. The molecule has 0 aromatic carbocycles. The molecule has 0 radical (unpaired) electrons. The number of rotatable bonds is 1. The Bertz CT molecular complexity index is 102. The minimum absolute atomic E-state index is 0.860. The Morgan fingerprint density at radius 1 is 1.08 bits per heavy atom. The SMILES string of the molecule is C=C(C)C1CCCCC1.CC.CN. The highest BCUT2D eigenvalue weighted by Crippen LogP contribution is 2.27. The molecule has 1 saturated carbocycles. The third-order valence-electron chi connectivity index (χ3n) is 2.30. The molecule has 1 fully saturated rings. The van der Waals surface area contributed by atoms with Crippen LogP contribution in [0.2, 0.25) is 0 Å². The Hall–Kier alpha value is -0.300. The summed E-state index contributed by atoms with van der Waals surface area (Å²) < 4.78 is 0. The first-order valence-corrected chi connectivity index (χ1v) is 5.54. The van der Waals surface area contributed by atoms with E-state index in [1.165, 1.54) is 44.7 Å². The normalized spacial score (nSPS) is 16.1. The van der Waals surface area contributed by atoms with Gasteiger partial charge in [-0.1, -0.05) is 45.3 Å². The van der Waals surface area contributed by atoms with Crippen LogP contribution in [0.3, 0.4) is 0 Å². The predicted molar refractivity (Wildman–Crippen MR) is 62.8 cm³/mol. The molecule has 0 atom stereocenters. The third kappa shape index (κ3) is 8.04. The minimum atomic E-state index is 0.860. The Balaban J connectivity index is 0. The van der Waals surface area contributed by atoms with Gasteiger partial charge in [0.1, 0.15) is 0 Å². The molecule has 2 N–H and O–H groups in total. The van der Waals surface area contributed by atoms with Crippen molar-refractivity contribution in [2.24, 2.45) is 11.7 Å². The molecule has 13 heavy (non-hydrogen) atoms. The first-order chi connectivity index (χ1) is 6.30. The van der Waals surface area contributed by atoms with Crippen LogP contribution in [0.5, 0.6) is 0 Å². The summed E-state index contributed by atoms with van der Waals surface area (Å²) in [6.45, 7) is 10.1. The van der Waals surface area contributed by atoms with E-state index in [4.69, 9.17) is 0 Å². The monoisotopic (exact) mass is 185 g/mol. The Labute approximate surface area is 84.4 Å². The van der Waals surface area contributed by atoms with E-state index < -0.39 is 0 Å². The lowest BCUT2D eigenvalue weighted by molar-refractivity contribution is 0.404. The zero-order valence-corrected chi connectivity index (χ0v) is 9.90. The molecule has 1 heteroatoms. The van der Waals surface area contributed by atoms with Crippen LogP contribution in [0.4, 0.5) is 0 Å². The molecule has 0 aromatic heterocycles. The van der Waals surface area contributed by atoms with Gasteiger partial charge in [0.25, 0.3) is 0 Å². The van der Waals surface area contributed by atoms with Crippen LogP contribution in [0.15, 0.2) is 12.2 Å². The van der Waals surface area contributed by atoms with E-state index in [2.05, 4.69) is 19.2 Å². The van der Waals surface area contributed by atoms with Gasteiger partial charge >= 0.3 is 0 Å². The fraction of sp³-hybridized carbons (Fsp3) is 0.833. The van der Waals surface area contributed by atoms with Crippen LogP contribution in [-0.2, 0) is 0 Å². The van der Waals surface area contributed by atoms with Crippen molar-refractivity contribution in [1.29, 1.82) is 0 Å². The van der Waals surface area contributed by atoms with E-state index in [1.807, 2.05) is 13.8 Å². The number of allylic oxidation sites excluding steroid dienone is 1. The smallest absolute Gasteiger partial charge is 0.0195 e. The van der Waals surface area contributed by atoms with Crippen molar-refractivity contribution < 1.29 is 0 Å². The predicted octanol–water partition coefficient (Wildman–Crippen LogP) is 3.74. The average Bonchev–Trinajstić information content (AvgIpc) is 2.25. The van der Waals surface area contributed by atoms with E-state index in [0.29, 0.717) is 0 Å². The van der Waals surface area contributed by atoms with Gasteiger partial charge in [0.05, 0.1) is 0 Å². The zero-order chi connectivity index (χ0) is 10.7. The zero-order valence-electron chi connectivity index (χ0n) is 9.90. The Kier molecular flexibility index (Phi) is 13.7. The Morgan fingerprint density at radius 2 is 1.46 bits per heavy atom. The van der Waals surface area contributed by atoms with E-state index in [-0.39, 0.29) is 0 Å². The highest BCUT2D eigenvalue weighted by atomic mass is 14.4. The first-order valence-electron chi connectivity index (χ1n) is 5.54. The second-order valence-corrected chi connectivity index (χ2v) is 3.18. The summed E-state index contributed by atoms with van der Waals surface area (Å²) in [6, 6.07) is 0. The van der Waals surface area contributed by atoms with Crippen molar-refractivity contribution >= 4 is 0 Å². The van der Waals surface area contributed by atoms with E-state index >= 15 is 0 Å². The number of hydrogen-bond acceptors (Lipinski definition) is 1. The molecule has 0 amide bonds. The van der Waals surface area contributed by atoms with Crippen molar-refractivity contribution in [3.8, 4) is 0 Å². The molecular weight excluding hydrogens is 158 g/mol. The molecular formula is C12H27N. The van der Waals surface area contributed by atoms with Gasteiger partial charge in [-0.15, -0.1) is 0 Å². The van der Waals surface area contributed by atoms with Gasteiger partial charge < -0.3 is 5.73 Å². The van der Waals surface area contributed by atoms with Crippen LogP contribution in [0, 0.1) is 5.92 Å². The van der Waals surface area contributed by atoms with Crippen LogP contribution < -0.4 is 5.73 Å². The minimum Gasteiger partial charge on any atom is -0.333 e. The van der Waals surface area contributed by atoms with Gasteiger partial charge in [0, 0.05) is 0 Å². The maximum atomic E-state index is 4.50. The summed E-state index contributed by atoms with van der Waals surface area (Å²) in [4.78, 5) is 0. The second-order valence-electron chi connectivity index (χ2n) is 3.18. The van der Waals surface area contributed by atoms with Crippen LogP contribution in [-0.4, -0.2) is 7.05 Å². The molecule has 0 unspecified atom stereocenters. The fourth-order valence-corrected chi connectivity index (χ4v) is 1.60. The molecule has 0 heterocycles. The van der Waals surface area contributed by atoms with Crippen LogP contribution in [0.25, 0.3) is 0 Å². The van der Waals surface area contributed by atoms with Crippen molar-refractivity contribution in [3.05, 3.63) is 12.2 Å². The van der Waals surface area contributed by atoms with Gasteiger partial charge in [-0.2, -0.15) is 0 Å². The van der Waals surface area contributed by atoms with Gasteiger partial charge in [-0.3, -0.25) is 0 Å². The third-order valence-corrected chi connectivity index (χ3v) is 2.30. The maximum absolute atomic E-state index is 4.50. The van der Waals surface area contributed by atoms with E-state index in [9.17, 15) is 0 Å². The quantitative estimate of drug-likeness (QED) is 0.619. The van der Waals surface area contributed by atoms with Crippen LogP contribution in [0.1, 0.15) is 52.9 Å². The lowest BCUT2D eigenvalue weighted by Crippen LogP contribution is -2.05. The first kappa shape index (κ1) is 15.2. The van der Waals surface area contributed by atoms with Gasteiger partial charge in [0.2, 0.25) is 0 Å². The van der Waals surface area contributed by atoms with Gasteiger partial charge in [0.15, 0.2) is 0 Å². The highest BCUT2D eigenvalue weighted by Gasteiger charge is 2.12. The maximum Gasteiger partial charge on any atom is -0.0195 e. The summed E-state index contributed by atoms with van der Waals surface area (Å²) in [7, 11) is 1.50. The van der Waals surface area contributed by atoms with Crippen molar-refractivity contribution in [1.82, 2.24) is 0 Å². The van der Waals surface area contributed by atoms with Crippen molar-refractivity contribution in [3.63, 3.8) is 0 Å². The van der Waals surface area contributed by atoms with Crippen LogP contribution >= 0.6 is 0 Å². The average molecular weight is 185 g/mol. The summed E-state index contributed by atoms with van der Waals surface area (Å²) in [5.74, 6) is 0.860. The summed E-state index contributed by atoms with van der Waals surface area (Å²) in [6.07, 6.45) is 7.10. The molecule has 0 aromatic rings. The summed E-state index contributed by atoms with van der Waals surface area (Å²) in [5, 5.41) is 0. The molecule has 0 bridgehead atoms. The van der Waals surface area contributed by atoms with Crippen molar-refractivity contribution in [2.75, 3.05) is 7.05 Å². The van der Waals surface area contributed by atoms with Crippen molar-refractivity contribution in [2.45, 2.75) is 52.9 Å². The molecule has 1 nitrogen and oxygen atoms in total. The van der Waals surface area contributed by atoms with E-state index in [0.717, 1.165) is 5.92 Å². The largest absolute Gasteiger partial charge is 0.333 e. The molecule has 0 aliphatic heterocycles. The number of hydrogen-bond donors (Lipinski definition) is 1. The summed E-state index contributed by atoms with van der Waals surface area (Å²) >= 11 is 0. The lowest BCUT2D eigenvalue weighted by Gasteiger charge is -2.21. The van der Waals surface area contributed by atoms with Gasteiger partial charge in [-0.05, 0) is 32.7 Å². The molecule has 1 aliphatic carbocycles. The standard InChI is InChI=1S/C9H16.C2H6.CH5N/c1-8(2)9-6-4-3-5-7-9;2*1-2/h9H,1,3-7H2,2H3;1-2H3;2H2,1H3. The lowest BCUT2D eigenvalue weighted by atomic mass is 9.85. The second kappa shape index (κ2) is 11.7. The Morgan fingerprint density at radius 3 is 1.69 bits per heavy atom. The molecule has 0 spiro atoms. The highest BCUT2D eigenvalue weighted by molar-refractivity contribution is 4.96. The fourth-order valence-electron chi connectivity index (χ4n) is 1.60. The molecule has 1 rings (SSSR count).